The fraction of sp³-hybridized carbons (Fsp3) is 0.480. The number of aromatic nitrogens is 2. The van der Waals surface area contributed by atoms with Gasteiger partial charge in [-0.15, -0.1) is 0 Å². The molecule has 0 spiro atoms. The number of nitrogens with zero attached hydrogens (tertiary/aromatic N) is 3. The minimum atomic E-state index is -2.53. The monoisotopic (exact) mass is 442 g/mol. The van der Waals surface area contributed by atoms with Gasteiger partial charge in [0.2, 0.25) is 0 Å². The summed E-state index contributed by atoms with van der Waals surface area (Å²) in [5.74, 6) is -2.53. The lowest BCUT2D eigenvalue weighted by Gasteiger charge is -2.17. The van der Waals surface area contributed by atoms with E-state index in [2.05, 4.69) is 53.2 Å². The fourth-order valence-corrected chi connectivity index (χ4v) is 4.47. The maximum Gasteiger partial charge on any atom is 0.261 e. The van der Waals surface area contributed by atoms with Gasteiger partial charge >= 0.3 is 0 Å². The van der Waals surface area contributed by atoms with Crippen molar-refractivity contribution in [3.63, 3.8) is 0 Å². The Morgan fingerprint density at radius 2 is 2.00 bits per heavy atom. The van der Waals surface area contributed by atoms with E-state index in [1.165, 1.54) is 0 Å². The first kappa shape index (κ1) is 22.8. The van der Waals surface area contributed by atoms with E-state index in [-0.39, 0.29) is 19.6 Å². The highest BCUT2D eigenvalue weighted by atomic mass is 19.3. The number of aliphatic hydroxyl groups is 1. The summed E-state index contributed by atoms with van der Waals surface area (Å²) in [6.45, 7) is 7.50. The number of rotatable bonds is 9. The molecular weight excluding hydrogens is 410 g/mol. The Kier molecular flexibility index (Phi) is 6.88. The van der Waals surface area contributed by atoms with E-state index < -0.39 is 5.92 Å². The van der Waals surface area contributed by atoms with Crippen LogP contribution >= 0.6 is 0 Å². The average Bonchev–Trinajstić information content (AvgIpc) is 3.33. The highest BCUT2D eigenvalue weighted by molar-refractivity contribution is 5.93. The Morgan fingerprint density at radius 3 is 2.66 bits per heavy atom. The van der Waals surface area contributed by atoms with Crippen LogP contribution < -0.4 is 0 Å². The van der Waals surface area contributed by atoms with Crippen LogP contribution in [0.4, 0.5) is 8.78 Å². The molecule has 3 aromatic rings. The van der Waals surface area contributed by atoms with Crippen LogP contribution in [0.15, 0.2) is 36.4 Å². The minimum Gasteiger partial charge on any atom is -0.395 e. The normalized spacial score (nSPS) is 16.4. The first-order chi connectivity index (χ1) is 15.4. The Morgan fingerprint density at radius 1 is 1.22 bits per heavy atom. The van der Waals surface area contributed by atoms with Gasteiger partial charge < -0.3 is 10.1 Å². The SMILES string of the molecule is CCN(CCO)Cc1cc2c(-c3ccc(CCN4CCC(F)(F)C4)cc3)nc(C)cc2[nH]1. The van der Waals surface area contributed by atoms with Crippen LogP contribution in [0.2, 0.25) is 0 Å². The summed E-state index contributed by atoms with van der Waals surface area (Å²) in [6, 6.07) is 12.5. The first-order valence-electron chi connectivity index (χ1n) is 11.4. The lowest BCUT2D eigenvalue weighted by atomic mass is 10.0. The molecule has 2 N–H and O–H groups in total. The number of hydrogen-bond acceptors (Lipinski definition) is 4. The summed E-state index contributed by atoms with van der Waals surface area (Å²) in [6.07, 6.45) is 0.731. The number of H-pyrrole nitrogens is 1. The molecule has 0 unspecified atom stereocenters. The molecule has 1 saturated heterocycles. The molecule has 1 fully saturated rings. The summed E-state index contributed by atoms with van der Waals surface area (Å²) in [5, 5.41) is 10.3. The topological polar surface area (TPSA) is 55.4 Å². The molecule has 32 heavy (non-hydrogen) atoms. The zero-order valence-corrected chi connectivity index (χ0v) is 18.9. The quantitative estimate of drug-likeness (QED) is 0.521. The number of benzene rings is 1. The maximum absolute atomic E-state index is 13.4. The number of halogens is 2. The maximum atomic E-state index is 13.4. The van der Waals surface area contributed by atoms with Crippen molar-refractivity contribution in [2.24, 2.45) is 0 Å². The standard InChI is InChI=1S/C25H32F2N4O/c1-3-30(12-13-32)16-21-15-22-23(29-21)14-18(2)28-24(22)20-6-4-19(5-7-20)8-10-31-11-9-25(26,27)17-31/h4-7,14-15,29,32H,3,8-13,16-17H2,1-2H3. The molecule has 5 nitrogen and oxygen atoms in total. The summed E-state index contributed by atoms with van der Waals surface area (Å²) in [5.41, 5.74) is 6.24. The van der Waals surface area contributed by atoms with Crippen LogP contribution in [0.5, 0.6) is 0 Å². The van der Waals surface area contributed by atoms with Gasteiger partial charge in [0.05, 0.1) is 18.8 Å². The highest BCUT2D eigenvalue weighted by Gasteiger charge is 2.37. The van der Waals surface area contributed by atoms with Gasteiger partial charge in [0, 0.05) is 60.5 Å². The van der Waals surface area contributed by atoms with Crippen LogP contribution in [0.25, 0.3) is 22.2 Å². The number of hydrogen-bond donors (Lipinski definition) is 2. The van der Waals surface area contributed by atoms with E-state index >= 15 is 0 Å². The summed E-state index contributed by atoms with van der Waals surface area (Å²) >= 11 is 0. The van der Waals surface area contributed by atoms with Gasteiger partial charge in [-0.1, -0.05) is 31.2 Å². The Balaban J connectivity index is 1.51. The van der Waals surface area contributed by atoms with Crippen molar-refractivity contribution in [2.75, 3.05) is 39.3 Å². The second-order valence-corrected chi connectivity index (χ2v) is 8.79. The van der Waals surface area contributed by atoms with Crippen molar-refractivity contribution in [1.82, 2.24) is 19.8 Å². The largest absolute Gasteiger partial charge is 0.395 e. The van der Waals surface area contributed by atoms with Crippen LogP contribution in [0.3, 0.4) is 0 Å². The molecule has 0 bridgehead atoms. The van der Waals surface area contributed by atoms with Gasteiger partial charge in [0.15, 0.2) is 0 Å². The number of likely N-dealkylation sites (N-methyl/N-ethyl adjacent to an activating group) is 1. The molecule has 2 aromatic heterocycles. The zero-order chi connectivity index (χ0) is 22.7. The molecular formula is C25H32F2N4O. The van der Waals surface area contributed by atoms with E-state index in [1.54, 1.807) is 0 Å². The Hall–Kier alpha value is -2.35. The minimum absolute atomic E-state index is 0.0321. The lowest BCUT2D eigenvalue weighted by molar-refractivity contribution is 0.0123. The Labute approximate surface area is 188 Å². The molecule has 4 rings (SSSR count). The summed E-state index contributed by atoms with van der Waals surface area (Å²) in [7, 11) is 0. The molecule has 1 aliphatic heterocycles. The summed E-state index contributed by atoms with van der Waals surface area (Å²) < 4.78 is 26.8. The van der Waals surface area contributed by atoms with Crippen LogP contribution in [0, 0.1) is 6.92 Å². The molecule has 172 valence electrons. The molecule has 0 aliphatic carbocycles. The predicted molar refractivity (Wildman–Crippen MR) is 124 cm³/mol. The molecule has 0 saturated carbocycles. The van der Waals surface area contributed by atoms with Gasteiger partial charge in [0.1, 0.15) is 0 Å². The van der Waals surface area contributed by atoms with Gasteiger partial charge in [-0.2, -0.15) is 0 Å². The van der Waals surface area contributed by atoms with Crippen LogP contribution in [-0.4, -0.2) is 70.1 Å². The van der Waals surface area contributed by atoms with E-state index in [0.29, 0.717) is 19.6 Å². The fourth-order valence-electron chi connectivity index (χ4n) is 4.47. The summed E-state index contributed by atoms with van der Waals surface area (Å²) in [4.78, 5) is 12.4. The van der Waals surface area contributed by atoms with Crippen molar-refractivity contribution in [3.05, 3.63) is 53.3 Å². The van der Waals surface area contributed by atoms with Crippen LogP contribution in [-0.2, 0) is 13.0 Å². The van der Waals surface area contributed by atoms with Crippen molar-refractivity contribution in [3.8, 4) is 11.3 Å². The van der Waals surface area contributed by atoms with Crippen molar-refractivity contribution < 1.29 is 13.9 Å². The number of aryl methyl sites for hydroxylation is 1. The third-order valence-electron chi connectivity index (χ3n) is 6.25. The molecule has 0 atom stereocenters. The number of aromatic amines is 1. The molecule has 0 radical (unpaired) electrons. The van der Waals surface area contributed by atoms with Gasteiger partial charge in [-0.05, 0) is 37.6 Å². The van der Waals surface area contributed by atoms with Crippen molar-refractivity contribution in [2.45, 2.75) is 39.2 Å². The van der Waals surface area contributed by atoms with Gasteiger partial charge in [0.25, 0.3) is 5.92 Å². The smallest absolute Gasteiger partial charge is 0.261 e. The molecule has 1 aliphatic rings. The third kappa shape index (κ3) is 5.34. The lowest BCUT2D eigenvalue weighted by Crippen LogP contribution is -2.27. The average molecular weight is 443 g/mol. The number of aliphatic hydroxyl groups excluding tert-OH is 1. The van der Waals surface area contributed by atoms with E-state index in [1.807, 2.05) is 11.8 Å². The van der Waals surface area contributed by atoms with Crippen LogP contribution in [0.1, 0.15) is 30.3 Å². The van der Waals surface area contributed by atoms with Gasteiger partial charge in [-0.3, -0.25) is 14.8 Å². The molecule has 3 heterocycles. The van der Waals surface area contributed by atoms with Crippen molar-refractivity contribution in [1.29, 1.82) is 0 Å². The first-order valence-corrected chi connectivity index (χ1v) is 11.4. The number of alkyl halides is 2. The number of likely N-dealkylation sites (tertiary alicyclic amines) is 1. The number of nitrogens with one attached hydrogen (secondary N) is 1. The molecule has 1 aromatic carbocycles. The Bertz CT molecular complexity index is 1050. The third-order valence-corrected chi connectivity index (χ3v) is 6.25. The second kappa shape index (κ2) is 9.65. The van der Waals surface area contributed by atoms with E-state index in [0.717, 1.165) is 58.6 Å². The molecule has 0 amide bonds. The predicted octanol–water partition coefficient (Wildman–Crippen LogP) is 4.24. The van der Waals surface area contributed by atoms with Gasteiger partial charge in [-0.25, -0.2) is 8.78 Å². The molecule has 7 heteroatoms. The highest BCUT2D eigenvalue weighted by Crippen LogP contribution is 2.30. The zero-order valence-electron chi connectivity index (χ0n) is 18.9. The van der Waals surface area contributed by atoms with E-state index in [4.69, 9.17) is 4.98 Å². The second-order valence-electron chi connectivity index (χ2n) is 8.79. The number of pyridine rings is 1. The number of fused-ring (bicyclic) bond motifs is 1. The van der Waals surface area contributed by atoms with E-state index in [9.17, 15) is 13.9 Å². The van der Waals surface area contributed by atoms with Crippen molar-refractivity contribution >= 4 is 10.9 Å².